The summed E-state index contributed by atoms with van der Waals surface area (Å²) in [6, 6.07) is 3.46. The number of halogens is 4. The predicted molar refractivity (Wildman–Crippen MR) is 73.1 cm³/mol. The van der Waals surface area contributed by atoms with Gasteiger partial charge in [0.2, 0.25) is 0 Å². The summed E-state index contributed by atoms with van der Waals surface area (Å²) in [5.74, 6) is 0.576. The van der Waals surface area contributed by atoms with E-state index in [2.05, 4.69) is 34.3 Å². The minimum atomic E-state index is -4.38. The number of alkyl halides is 4. The van der Waals surface area contributed by atoms with E-state index in [9.17, 15) is 13.2 Å². The Kier molecular flexibility index (Phi) is 5.18. The Labute approximate surface area is 117 Å². The van der Waals surface area contributed by atoms with Gasteiger partial charge in [0.05, 0.1) is 11.8 Å². The van der Waals surface area contributed by atoms with Gasteiger partial charge in [-0.3, -0.25) is 4.99 Å². The van der Waals surface area contributed by atoms with Crippen LogP contribution in [0.3, 0.4) is 0 Å². The third-order valence-electron chi connectivity index (χ3n) is 2.08. The van der Waals surface area contributed by atoms with Gasteiger partial charge in [-0.05, 0) is 25.8 Å². The zero-order valence-corrected chi connectivity index (χ0v) is 11.7. The molecule has 2 nitrogen and oxygen atoms in total. The second-order valence-corrected chi connectivity index (χ2v) is 4.24. The van der Waals surface area contributed by atoms with Crippen LogP contribution in [0, 0.1) is 0 Å². The molecule has 0 bridgehead atoms. The van der Waals surface area contributed by atoms with E-state index in [1.807, 2.05) is 0 Å². The molecule has 0 spiro atoms. The van der Waals surface area contributed by atoms with Crippen molar-refractivity contribution in [1.82, 2.24) is 0 Å². The molecule has 0 fully saturated rings. The molecule has 0 atom stereocenters. The zero-order valence-electron chi connectivity index (χ0n) is 9.59. The van der Waals surface area contributed by atoms with Crippen LogP contribution < -0.4 is 4.74 Å². The van der Waals surface area contributed by atoms with E-state index >= 15 is 0 Å². The number of allylic oxidation sites excluding steroid dienone is 1. The highest BCUT2D eigenvalue weighted by molar-refractivity contribution is 14.1. The van der Waals surface area contributed by atoms with Crippen molar-refractivity contribution in [2.24, 2.45) is 4.99 Å². The molecular weight excluding hydrogens is 358 g/mol. The molecule has 1 aromatic carbocycles. The average molecular weight is 369 g/mol. The van der Waals surface area contributed by atoms with Gasteiger partial charge in [-0.15, -0.1) is 0 Å². The van der Waals surface area contributed by atoms with Gasteiger partial charge in [-0.1, -0.05) is 28.7 Å². The monoisotopic (exact) mass is 369 g/mol. The topological polar surface area (TPSA) is 21.6 Å². The van der Waals surface area contributed by atoms with Gasteiger partial charge in [0.1, 0.15) is 11.5 Å². The molecule has 0 aliphatic heterocycles. The van der Waals surface area contributed by atoms with Gasteiger partial charge < -0.3 is 4.74 Å². The van der Waals surface area contributed by atoms with Crippen molar-refractivity contribution in [1.29, 1.82) is 0 Å². The lowest BCUT2D eigenvalue weighted by Gasteiger charge is -2.13. The smallest absolute Gasteiger partial charge is 0.416 e. The molecule has 0 N–H and O–H groups in total. The SMILES string of the molecule is C=N/C=C(\C)Oc1cc(C(F)(F)F)ccc1CI. The third-order valence-corrected chi connectivity index (χ3v) is 2.90. The molecule has 0 aliphatic rings. The maximum Gasteiger partial charge on any atom is 0.416 e. The number of hydrogen-bond acceptors (Lipinski definition) is 2. The van der Waals surface area contributed by atoms with E-state index in [4.69, 9.17) is 4.74 Å². The quantitative estimate of drug-likeness (QED) is 0.330. The van der Waals surface area contributed by atoms with E-state index in [0.717, 1.165) is 12.1 Å². The van der Waals surface area contributed by atoms with Crippen LogP contribution in [0.1, 0.15) is 18.1 Å². The number of ether oxygens (including phenoxy) is 1. The van der Waals surface area contributed by atoms with Crippen molar-refractivity contribution in [3.63, 3.8) is 0 Å². The van der Waals surface area contributed by atoms with E-state index in [-0.39, 0.29) is 5.75 Å². The van der Waals surface area contributed by atoms with Crippen LogP contribution in [0.4, 0.5) is 13.2 Å². The van der Waals surface area contributed by atoms with Crippen molar-refractivity contribution in [2.45, 2.75) is 17.5 Å². The molecular formula is C12H11F3INO. The molecule has 0 amide bonds. The molecule has 18 heavy (non-hydrogen) atoms. The first kappa shape index (κ1) is 15.0. The van der Waals surface area contributed by atoms with Gasteiger partial charge in [0, 0.05) is 9.99 Å². The molecule has 0 heterocycles. The number of hydrogen-bond donors (Lipinski definition) is 0. The lowest BCUT2D eigenvalue weighted by atomic mass is 10.1. The first-order valence-corrected chi connectivity index (χ1v) is 6.47. The van der Waals surface area contributed by atoms with Crippen molar-refractivity contribution in [2.75, 3.05) is 0 Å². The van der Waals surface area contributed by atoms with Crippen LogP contribution in [0.25, 0.3) is 0 Å². The summed E-state index contributed by atoms with van der Waals surface area (Å²) in [5, 5.41) is 0. The third kappa shape index (κ3) is 4.01. The molecule has 1 rings (SSSR count). The van der Waals surface area contributed by atoms with Gasteiger partial charge >= 0.3 is 6.18 Å². The minimum Gasteiger partial charge on any atom is -0.460 e. The summed E-state index contributed by atoms with van der Waals surface area (Å²) < 4.78 is 43.7. The minimum absolute atomic E-state index is 0.191. The first-order chi connectivity index (χ1) is 8.38. The Hall–Kier alpha value is -1.05. The largest absolute Gasteiger partial charge is 0.460 e. The molecule has 0 saturated carbocycles. The summed E-state index contributed by atoms with van der Waals surface area (Å²) in [6.45, 7) is 4.86. The second-order valence-electron chi connectivity index (χ2n) is 3.48. The second kappa shape index (κ2) is 6.21. The van der Waals surface area contributed by atoms with E-state index < -0.39 is 11.7 Å². The van der Waals surface area contributed by atoms with Gasteiger partial charge in [0.25, 0.3) is 0 Å². The van der Waals surface area contributed by atoms with E-state index in [1.54, 1.807) is 6.92 Å². The zero-order chi connectivity index (χ0) is 13.8. The number of nitrogens with zero attached hydrogens (tertiary/aromatic N) is 1. The van der Waals surface area contributed by atoms with Gasteiger partial charge in [-0.25, -0.2) is 0 Å². The Bertz CT molecular complexity index is 469. The highest BCUT2D eigenvalue weighted by atomic mass is 127. The average Bonchev–Trinajstić information content (AvgIpc) is 2.28. The van der Waals surface area contributed by atoms with Crippen molar-refractivity contribution in [3.05, 3.63) is 41.3 Å². The molecule has 0 unspecified atom stereocenters. The van der Waals surface area contributed by atoms with Crippen LogP contribution in [-0.2, 0) is 10.6 Å². The molecule has 6 heteroatoms. The predicted octanol–water partition coefficient (Wildman–Crippen LogP) is 4.58. The first-order valence-electron chi connectivity index (χ1n) is 4.95. The fraction of sp³-hybridized carbons (Fsp3) is 0.250. The molecule has 0 aliphatic carbocycles. The van der Waals surface area contributed by atoms with Crippen LogP contribution in [0.5, 0.6) is 5.75 Å². The molecule has 1 aromatic rings. The molecule has 0 radical (unpaired) electrons. The normalized spacial score (nSPS) is 12.4. The van der Waals surface area contributed by atoms with E-state index in [1.165, 1.54) is 12.3 Å². The number of rotatable bonds is 4. The summed E-state index contributed by atoms with van der Waals surface area (Å²) in [5.41, 5.74) is -0.0362. The molecule has 0 saturated heterocycles. The van der Waals surface area contributed by atoms with Crippen LogP contribution in [0.15, 0.2) is 35.2 Å². The highest BCUT2D eigenvalue weighted by Gasteiger charge is 2.31. The Morgan fingerprint density at radius 1 is 1.50 bits per heavy atom. The van der Waals surface area contributed by atoms with Crippen LogP contribution in [0.2, 0.25) is 0 Å². The summed E-state index contributed by atoms with van der Waals surface area (Å²) in [7, 11) is 0. The van der Waals surface area contributed by atoms with Gasteiger partial charge in [-0.2, -0.15) is 13.2 Å². The number of aliphatic imine (C=N–C) groups is 1. The van der Waals surface area contributed by atoms with Crippen LogP contribution >= 0.6 is 22.6 Å². The van der Waals surface area contributed by atoms with Crippen LogP contribution in [-0.4, -0.2) is 6.72 Å². The Morgan fingerprint density at radius 2 is 2.17 bits per heavy atom. The summed E-state index contributed by atoms with van der Waals surface area (Å²) in [6.07, 6.45) is -3.03. The molecule has 0 aromatic heterocycles. The fourth-order valence-corrected chi connectivity index (χ4v) is 1.89. The highest BCUT2D eigenvalue weighted by Crippen LogP contribution is 2.34. The standard InChI is InChI=1S/C12H11F3INO/c1-8(7-17-2)18-11-5-10(12(13,14)15)4-3-9(11)6-16/h3-5,7H,2,6H2,1H3/b8-7+. The maximum atomic E-state index is 12.6. The molecule has 98 valence electrons. The Morgan fingerprint density at radius 3 is 2.67 bits per heavy atom. The summed E-state index contributed by atoms with van der Waals surface area (Å²) >= 11 is 2.06. The fourth-order valence-electron chi connectivity index (χ4n) is 1.26. The maximum absolute atomic E-state index is 12.6. The van der Waals surface area contributed by atoms with E-state index in [0.29, 0.717) is 15.8 Å². The lowest BCUT2D eigenvalue weighted by Crippen LogP contribution is -2.06. The van der Waals surface area contributed by atoms with Crippen molar-refractivity contribution in [3.8, 4) is 5.75 Å². The lowest BCUT2D eigenvalue weighted by molar-refractivity contribution is -0.137. The summed E-state index contributed by atoms with van der Waals surface area (Å²) in [4.78, 5) is 3.50. The van der Waals surface area contributed by atoms with Crippen molar-refractivity contribution < 1.29 is 17.9 Å². The Balaban J connectivity index is 3.14. The van der Waals surface area contributed by atoms with Crippen molar-refractivity contribution >= 4 is 29.3 Å². The van der Waals surface area contributed by atoms with Gasteiger partial charge in [0.15, 0.2) is 0 Å². The number of benzene rings is 1.